The lowest BCUT2D eigenvalue weighted by atomic mass is 9.48. The van der Waals surface area contributed by atoms with E-state index in [0.717, 1.165) is 44.8 Å². The van der Waals surface area contributed by atoms with Crippen LogP contribution >= 0.6 is 12.4 Å². The van der Waals surface area contributed by atoms with Crippen LogP contribution in [0.25, 0.3) is 10.9 Å². The first kappa shape index (κ1) is 24.3. The van der Waals surface area contributed by atoms with Gasteiger partial charge in [0.05, 0.1) is 17.7 Å². The van der Waals surface area contributed by atoms with Gasteiger partial charge in [0.25, 0.3) is 0 Å². The van der Waals surface area contributed by atoms with Gasteiger partial charge in [-0.15, -0.1) is 25.6 Å². The molecule has 8 rings (SSSR count). The van der Waals surface area contributed by atoms with Crippen LogP contribution in [0.5, 0.6) is 11.5 Å². The van der Waals surface area contributed by atoms with Gasteiger partial charge in [-0.25, -0.2) is 0 Å². The number of piperidine rings is 1. The highest BCUT2D eigenvalue weighted by molar-refractivity contribution is 5.87. The zero-order valence-electron chi connectivity index (χ0n) is 21.7. The number of ether oxygens (including phenoxy) is 2. The molecule has 0 unspecified atom stereocenters. The number of fused-ring (bicyclic) bond motifs is 4. The highest BCUT2D eigenvalue weighted by atomic mass is 35.5. The van der Waals surface area contributed by atoms with Gasteiger partial charge in [0.15, 0.2) is 17.6 Å². The van der Waals surface area contributed by atoms with E-state index in [-0.39, 0.29) is 35.7 Å². The number of hydrogen-bond donors (Lipinski definition) is 1. The average molecular weight is 531 g/mol. The van der Waals surface area contributed by atoms with E-state index < -0.39 is 5.60 Å². The third-order valence-electron chi connectivity index (χ3n) is 10.1. The van der Waals surface area contributed by atoms with Crippen molar-refractivity contribution < 1.29 is 14.6 Å². The lowest BCUT2D eigenvalue weighted by molar-refractivity contribution is -0.199. The maximum atomic E-state index is 11.1. The molecular formula is C32H35ClN2O3. The molecule has 1 saturated carbocycles. The van der Waals surface area contributed by atoms with Crippen molar-refractivity contribution in [3.05, 3.63) is 84.1 Å². The van der Waals surface area contributed by atoms with Gasteiger partial charge < -0.3 is 19.1 Å². The molecule has 1 saturated heterocycles. The summed E-state index contributed by atoms with van der Waals surface area (Å²) < 4.78 is 16.5. The summed E-state index contributed by atoms with van der Waals surface area (Å²) in [5.41, 5.74) is 5.48. The summed E-state index contributed by atoms with van der Waals surface area (Å²) in [6.45, 7) is 11.5. The molecule has 1 aromatic heterocycles. The molecule has 2 aromatic carbocycles. The number of nitrogens with zero attached hydrogens (tertiary/aromatic N) is 2. The molecule has 3 aromatic rings. The first-order valence-electron chi connectivity index (χ1n) is 13.8. The van der Waals surface area contributed by atoms with Crippen LogP contribution < -0.4 is 4.74 Å². The summed E-state index contributed by atoms with van der Waals surface area (Å²) in [7, 11) is 0. The lowest BCUT2D eigenvalue weighted by Gasteiger charge is -2.64. The standard InChI is InChI=1S/C32H34N2O3.ClH/c1-3-14-34-24-8-6-5-7-22(24)23-18-32(36-16-4-2)26-17-21-11-12-25(35)29-27(21)31(32,30(37-29)28(23)34)13-15-33(26)19-20-9-10-20;/h3-8,11-12,20,26,30,35H,1-2,9-10,13-19H2;1H/t26-,30-,31-,32+;/m0./s1. The van der Waals surface area contributed by atoms with E-state index >= 15 is 0 Å². The Morgan fingerprint density at radius 2 is 1.97 bits per heavy atom. The zero-order chi connectivity index (χ0) is 24.9. The Morgan fingerprint density at radius 1 is 1.13 bits per heavy atom. The summed E-state index contributed by atoms with van der Waals surface area (Å²) in [4.78, 5) is 2.74. The second kappa shape index (κ2) is 8.38. The molecule has 38 heavy (non-hydrogen) atoms. The third-order valence-corrected chi connectivity index (χ3v) is 10.1. The monoisotopic (exact) mass is 530 g/mol. The van der Waals surface area contributed by atoms with Crippen molar-refractivity contribution in [2.24, 2.45) is 5.92 Å². The molecule has 2 fully saturated rings. The molecule has 4 atom stereocenters. The van der Waals surface area contributed by atoms with Crippen LogP contribution in [0.3, 0.4) is 0 Å². The van der Waals surface area contributed by atoms with Crippen LogP contribution in [0.2, 0.25) is 0 Å². The number of phenolic OH excluding ortho intramolecular Hbond substituents is 1. The molecule has 5 nitrogen and oxygen atoms in total. The van der Waals surface area contributed by atoms with Gasteiger partial charge >= 0.3 is 0 Å². The predicted octanol–water partition coefficient (Wildman–Crippen LogP) is 5.86. The second-order valence-corrected chi connectivity index (χ2v) is 11.8. The molecule has 0 radical (unpaired) electrons. The van der Waals surface area contributed by atoms with Gasteiger partial charge in [-0.1, -0.05) is 36.4 Å². The highest BCUT2D eigenvalue weighted by Gasteiger charge is 2.74. The molecule has 1 spiro atoms. The van der Waals surface area contributed by atoms with Crippen molar-refractivity contribution in [1.82, 2.24) is 9.47 Å². The van der Waals surface area contributed by atoms with Crippen molar-refractivity contribution in [3.63, 3.8) is 0 Å². The van der Waals surface area contributed by atoms with E-state index in [0.29, 0.717) is 12.4 Å². The minimum absolute atomic E-state index is 0. The Morgan fingerprint density at radius 3 is 2.76 bits per heavy atom. The zero-order valence-corrected chi connectivity index (χ0v) is 22.5. The second-order valence-electron chi connectivity index (χ2n) is 11.8. The number of allylic oxidation sites excluding steroid dienone is 1. The van der Waals surface area contributed by atoms with E-state index in [1.807, 2.05) is 18.2 Å². The Balaban J connectivity index is 0.00000242. The Kier molecular flexibility index (Phi) is 5.36. The molecular weight excluding hydrogens is 496 g/mol. The van der Waals surface area contributed by atoms with Gasteiger partial charge in [-0.2, -0.15) is 0 Å². The van der Waals surface area contributed by atoms with E-state index in [1.54, 1.807) is 0 Å². The van der Waals surface area contributed by atoms with Gasteiger partial charge in [0.1, 0.15) is 5.60 Å². The largest absolute Gasteiger partial charge is 0.504 e. The van der Waals surface area contributed by atoms with Gasteiger partial charge in [0, 0.05) is 42.0 Å². The smallest absolute Gasteiger partial charge is 0.166 e. The number of rotatable bonds is 7. The van der Waals surface area contributed by atoms with E-state index in [4.69, 9.17) is 9.47 Å². The summed E-state index contributed by atoms with van der Waals surface area (Å²) in [6, 6.07) is 12.9. The fourth-order valence-electron chi connectivity index (χ4n) is 8.58. The topological polar surface area (TPSA) is 46.9 Å². The van der Waals surface area contributed by atoms with Crippen LogP contribution in [0.1, 0.15) is 47.8 Å². The average Bonchev–Trinajstić information content (AvgIpc) is 3.59. The predicted molar refractivity (Wildman–Crippen MR) is 152 cm³/mol. The summed E-state index contributed by atoms with van der Waals surface area (Å²) in [6.07, 6.45) is 9.05. The Hall–Kier alpha value is -2.73. The van der Waals surface area contributed by atoms with Crippen LogP contribution in [-0.2, 0) is 29.5 Å². The van der Waals surface area contributed by atoms with E-state index in [9.17, 15) is 5.11 Å². The minimum Gasteiger partial charge on any atom is -0.504 e. The SMILES string of the molecule is C=CCO[C@@]12Cc3c(n(CC=C)c4ccccc34)[C@@H]3Oc4c(O)ccc5c4[C@@]31CCN(CC1CC1)[C@H]2C5.Cl. The molecule has 198 valence electrons. The summed E-state index contributed by atoms with van der Waals surface area (Å²) >= 11 is 0. The molecule has 1 N–H and O–H groups in total. The van der Waals surface area contributed by atoms with Crippen LogP contribution in [-0.4, -0.2) is 45.9 Å². The number of aromatic nitrogens is 1. The number of aromatic hydroxyl groups is 1. The number of hydrogen-bond acceptors (Lipinski definition) is 4. The molecule has 6 heteroatoms. The van der Waals surface area contributed by atoms with Gasteiger partial charge in [-0.05, 0) is 61.4 Å². The first-order chi connectivity index (χ1) is 18.1. The maximum Gasteiger partial charge on any atom is 0.166 e. The molecule has 3 aliphatic carbocycles. The highest BCUT2D eigenvalue weighted by Crippen LogP contribution is 2.70. The van der Waals surface area contributed by atoms with Crippen molar-refractivity contribution in [1.29, 1.82) is 0 Å². The molecule has 5 aliphatic rings. The number of benzene rings is 2. The number of halogens is 1. The molecule has 0 amide bonds. The van der Waals surface area contributed by atoms with Crippen LogP contribution in [0.15, 0.2) is 61.7 Å². The minimum atomic E-state index is -0.457. The number of para-hydroxylation sites is 1. The number of phenols is 1. The summed E-state index contributed by atoms with van der Waals surface area (Å²) in [5, 5.41) is 12.4. The van der Waals surface area contributed by atoms with Crippen LogP contribution in [0, 0.1) is 5.92 Å². The third kappa shape index (κ3) is 2.85. The molecule has 2 aliphatic heterocycles. The molecule has 2 bridgehead atoms. The van der Waals surface area contributed by atoms with E-state index in [2.05, 4.69) is 53.0 Å². The van der Waals surface area contributed by atoms with E-state index in [1.165, 1.54) is 46.1 Å². The lowest BCUT2D eigenvalue weighted by Crippen LogP contribution is -2.75. The molecule has 3 heterocycles. The van der Waals surface area contributed by atoms with Gasteiger partial charge in [0.2, 0.25) is 0 Å². The van der Waals surface area contributed by atoms with Gasteiger partial charge in [-0.3, -0.25) is 4.90 Å². The van der Waals surface area contributed by atoms with Crippen molar-refractivity contribution in [2.45, 2.75) is 61.8 Å². The fraction of sp³-hybridized carbons (Fsp3) is 0.438. The Bertz CT molecular complexity index is 1480. The van der Waals surface area contributed by atoms with Crippen molar-refractivity contribution in [2.75, 3.05) is 19.7 Å². The Labute approximate surface area is 230 Å². The summed E-state index contributed by atoms with van der Waals surface area (Å²) in [5.74, 6) is 1.73. The maximum absolute atomic E-state index is 11.1. The number of likely N-dealkylation sites (tertiary alicyclic amines) is 1. The quantitative estimate of drug-likeness (QED) is 0.388. The van der Waals surface area contributed by atoms with Crippen LogP contribution in [0.4, 0.5) is 0 Å². The van der Waals surface area contributed by atoms with Crippen molar-refractivity contribution >= 4 is 23.3 Å². The van der Waals surface area contributed by atoms with Crippen molar-refractivity contribution in [3.8, 4) is 11.5 Å². The normalized spacial score (nSPS) is 30.2. The fourth-order valence-corrected chi connectivity index (χ4v) is 8.58. The first-order valence-corrected chi connectivity index (χ1v) is 13.8.